The highest BCUT2D eigenvalue weighted by Gasteiger charge is 2.00. The Bertz CT molecular complexity index is 459. The maximum atomic E-state index is 4.25. The lowest BCUT2D eigenvalue weighted by Gasteiger charge is -2.05. The summed E-state index contributed by atoms with van der Waals surface area (Å²) in [6.45, 7) is 3.07. The van der Waals surface area contributed by atoms with Crippen LogP contribution in [0.4, 0.5) is 5.82 Å². The molecule has 0 aliphatic heterocycles. The van der Waals surface area contributed by atoms with E-state index in [4.69, 9.17) is 0 Å². The van der Waals surface area contributed by atoms with Crippen LogP contribution in [0, 0.1) is 0 Å². The number of nitrogens with zero attached hydrogens (tertiary/aromatic N) is 2. The van der Waals surface area contributed by atoms with Gasteiger partial charge in [-0.2, -0.15) is 0 Å². The molecule has 4 heteroatoms. The van der Waals surface area contributed by atoms with E-state index in [0.29, 0.717) is 0 Å². The van der Waals surface area contributed by atoms with Gasteiger partial charge < -0.3 is 5.32 Å². The van der Waals surface area contributed by atoms with Crippen LogP contribution >= 0.6 is 11.8 Å². The Morgan fingerprint density at radius 2 is 2.00 bits per heavy atom. The van der Waals surface area contributed by atoms with Gasteiger partial charge in [0.1, 0.15) is 17.2 Å². The fourth-order valence-corrected chi connectivity index (χ4v) is 2.16. The van der Waals surface area contributed by atoms with Crippen molar-refractivity contribution in [2.75, 3.05) is 11.9 Å². The number of anilines is 1. The first-order chi connectivity index (χ1) is 8.38. The molecule has 0 aliphatic rings. The summed E-state index contributed by atoms with van der Waals surface area (Å²) in [7, 11) is 0. The van der Waals surface area contributed by atoms with E-state index in [0.717, 1.165) is 23.8 Å². The number of hydrogen-bond donors (Lipinski definition) is 1. The topological polar surface area (TPSA) is 37.8 Å². The van der Waals surface area contributed by atoms with Crippen molar-refractivity contribution in [2.45, 2.75) is 23.3 Å². The molecule has 0 atom stereocenters. The molecule has 1 aromatic heterocycles. The zero-order chi connectivity index (χ0) is 11.9. The lowest BCUT2D eigenvalue weighted by Crippen LogP contribution is -2.02. The Labute approximate surface area is 106 Å². The van der Waals surface area contributed by atoms with Crippen molar-refractivity contribution >= 4 is 17.6 Å². The molecular formula is C13H15N3S. The molecule has 0 saturated heterocycles. The van der Waals surface area contributed by atoms with Crippen molar-refractivity contribution in [1.82, 2.24) is 9.97 Å². The summed E-state index contributed by atoms with van der Waals surface area (Å²) < 4.78 is 0. The summed E-state index contributed by atoms with van der Waals surface area (Å²) in [5, 5.41) is 4.22. The summed E-state index contributed by atoms with van der Waals surface area (Å²) in [6, 6.07) is 12.2. The van der Waals surface area contributed by atoms with Crippen molar-refractivity contribution in [3.8, 4) is 0 Å². The smallest absolute Gasteiger partial charge is 0.130 e. The first-order valence-electron chi connectivity index (χ1n) is 5.67. The Kier molecular flexibility index (Phi) is 4.38. The van der Waals surface area contributed by atoms with Crippen LogP contribution in [0.3, 0.4) is 0 Å². The van der Waals surface area contributed by atoms with E-state index in [1.807, 2.05) is 24.3 Å². The number of hydrogen-bond acceptors (Lipinski definition) is 4. The predicted molar refractivity (Wildman–Crippen MR) is 71.4 cm³/mol. The van der Waals surface area contributed by atoms with Gasteiger partial charge >= 0.3 is 0 Å². The molecule has 0 unspecified atom stereocenters. The van der Waals surface area contributed by atoms with Gasteiger partial charge in [-0.05, 0) is 18.6 Å². The number of benzene rings is 1. The quantitative estimate of drug-likeness (QED) is 0.819. The zero-order valence-electron chi connectivity index (χ0n) is 9.76. The number of aromatic nitrogens is 2. The fourth-order valence-electron chi connectivity index (χ4n) is 1.35. The van der Waals surface area contributed by atoms with E-state index in [9.17, 15) is 0 Å². The standard InChI is InChI=1S/C13H15N3S/c1-2-8-14-12-9-13(16-10-15-12)17-11-6-4-3-5-7-11/h3-7,9-10H,2,8H2,1H3,(H,14,15,16). The van der Waals surface area contributed by atoms with Gasteiger partial charge in [-0.25, -0.2) is 9.97 Å². The van der Waals surface area contributed by atoms with Gasteiger partial charge in [0.15, 0.2) is 0 Å². The molecule has 0 saturated carbocycles. The van der Waals surface area contributed by atoms with Gasteiger partial charge in [-0.1, -0.05) is 36.9 Å². The molecule has 0 fully saturated rings. The Balaban J connectivity index is 2.06. The average Bonchev–Trinajstić information content (AvgIpc) is 2.38. The summed E-state index contributed by atoms with van der Waals surface area (Å²) >= 11 is 1.64. The second kappa shape index (κ2) is 6.25. The van der Waals surface area contributed by atoms with Crippen molar-refractivity contribution in [1.29, 1.82) is 0 Å². The molecule has 0 aliphatic carbocycles. The van der Waals surface area contributed by atoms with Crippen LogP contribution in [0.25, 0.3) is 0 Å². The molecule has 0 radical (unpaired) electrons. The lowest BCUT2D eigenvalue weighted by atomic mass is 10.4. The van der Waals surface area contributed by atoms with Gasteiger partial charge in [0.25, 0.3) is 0 Å². The van der Waals surface area contributed by atoms with Crippen LogP contribution in [0.15, 0.2) is 52.6 Å². The van der Waals surface area contributed by atoms with Crippen LogP contribution in [0.2, 0.25) is 0 Å². The molecule has 1 N–H and O–H groups in total. The van der Waals surface area contributed by atoms with Crippen LogP contribution in [0.1, 0.15) is 13.3 Å². The summed E-state index contributed by atoms with van der Waals surface area (Å²) in [5.41, 5.74) is 0. The maximum Gasteiger partial charge on any atom is 0.130 e. The molecule has 17 heavy (non-hydrogen) atoms. The van der Waals surface area contributed by atoms with E-state index in [1.54, 1.807) is 18.1 Å². The fraction of sp³-hybridized carbons (Fsp3) is 0.231. The van der Waals surface area contributed by atoms with Crippen molar-refractivity contribution in [3.05, 3.63) is 42.7 Å². The second-order valence-corrected chi connectivity index (χ2v) is 4.68. The molecule has 88 valence electrons. The Morgan fingerprint density at radius 3 is 2.76 bits per heavy atom. The van der Waals surface area contributed by atoms with Crippen LogP contribution in [-0.2, 0) is 0 Å². The third kappa shape index (κ3) is 3.75. The largest absolute Gasteiger partial charge is 0.370 e. The van der Waals surface area contributed by atoms with Gasteiger partial charge in [-0.15, -0.1) is 0 Å². The second-order valence-electron chi connectivity index (χ2n) is 3.58. The molecular weight excluding hydrogens is 230 g/mol. The molecule has 1 aromatic carbocycles. The highest BCUT2D eigenvalue weighted by Crippen LogP contribution is 2.26. The Hall–Kier alpha value is -1.55. The number of nitrogens with one attached hydrogen (secondary N) is 1. The minimum Gasteiger partial charge on any atom is -0.370 e. The molecule has 3 nitrogen and oxygen atoms in total. The summed E-state index contributed by atoms with van der Waals surface area (Å²) in [4.78, 5) is 9.63. The van der Waals surface area contributed by atoms with Crippen molar-refractivity contribution < 1.29 is 0 Å². The van der Waals surface area contributed by atoms with Gasteiger partial charge in [0, 0.05) is 17.5 Å². The summed E-state index contributed by atoms with van der Waals surface area (Å²) in [5.74, 6) is 0.889. The van der Waals surface area contributed by atoms with Crippen molar-refractivity contribution in [3.63, 3.8) is 0 Å². The number of rotatable bonds is 5. The van der Waals surface area contributed by atoms with Crippen LogP contribution < -0.4 is 5.32 Å². The molecule has 2 rings (SSSR count). The average molecular weight is 245 g/mol. The van der Waals surface area contributed by atoms with Gasteiger partial charge in [0.05, 0.1) is 0 Å². The van der Waals surface area contributed by atoms with Gasteiger partial charge in [0.2, 0.25) is 0 Å². The normalized spacial score (nSPS) is 10.2. The Morgan fingerprint density at radius 1 is 1.18 bits per heavy atom. The molecule has 0 amide bonds. The van der Waals surface area contributed by atoms with Crippen molar-refractivity contribution in [2.24, 2.45) is 0 Å². The van der Waals surface area contributed by atoms with E-state index in [1.165, 1.54) is 4.90 Å². The SMILES string of the molecule is CCCNc1cc(Sc2ccccc2)ncn1. The zero-order valence-corrected chi connectivity index (χ0v) is 10.6. The molecule has 2 aromatic rings. The van der Waals surface area contributed by atoms with Crippen LogP contribution in [-0.4, -0.2) is 16.5 Å². The van der Waals surface area contributed by atoms with E-state index in [-0.39, 0.29) is 0 Å². The minimum atomic E-state index is 0.889. The van der Waals surface area contributed by atoms with E-state index < -0.39 is 0 Å². The lowest BCUT2D eigenvalue weighted by molar-refractivity contribution is 0.953. The third-order valence-corrected chi connectivity index (χ3v) is 3.10. The third-order valence-electron chi connectivity index (χ3n) is 2.16. The molecule has 1 heterocycles. The minimum absolute atomic E-state index is 0.889. The highest BCUT2D eigenvalue weighted by atomic mass is 32.2. The van der Waals surface area contributed by atoms with Crippen LogP contribution in [0.5, 0.6) is 0 Å². The van der Waals surface area contributed by atoms with Gasteiger partial charge in [-0.3, -0.25) is 0 Å². The first-order valence-corrected chi connectivity index (χ1v) is 6.49. The first kappa shape index (κ1) is 11.9. The summed E-state index contributed by atoms with van der Waals surface area (Å²) in [6.07, 6.45) is 2.69. The molecule has 0 bridgehead atoms. The maximum absolute atomic E-state index is 4.25. The van der Waals surface area contributed by atoms with E-state index >= 15 is 0 Å². The predicted octanol–water partition coefficient (Wildman–Crippen LogP) is 3.45. The highest BCUT2D eigenvalue weighted by molar-refractivity contribution is 7.99. The monoisotopic (exact) mass is 245 g/mol. The molecule has 0 spiro atoms. The van der Waals surface area contributed by atoms with E-state index in [2.05, 4.69) is 34.3 Å².